The number of H-pyrrole nitrogens is 2. The average Bonchev–Trinajstić information content (AvgIpc) is 3.67. The highest BCUT2D eigenvalue weighted by Crippen LogP contribution is 2.25. The number of rotatable bonds is 14. The molecule has 4 aromatic carbocycles. The van der Waals surface area contributed by atoms with E-state index in [9.17, 15) is 0 Å². The predicted octanol–water partition coefficient (Wildman–Crippen LogP) is 5.06. The Balaban J connectivity index is 0.000000181. The van der Waals surface area contributed by atoms with E-state index in [1.165, 1.54) is 0 Å². The van der Waals surface area contributed by atoms with Gasteiger partial charge in [0.05, 0.1) is 22.4 Å². The number of nitrogens with one attached hydrogen (secondary N) is 2. The summed E-state index contributed by atoms with van der Waals surface area (Å²) in [6.07, 6.45) is 0. The van der Waals surface area contributed by atoms with Crippen LogP contribution in [0.2, 0.25) is 0 Å². The van der Waals surface area contributed by atoms with Gasteiger partial charge in [-0.2, -0.15) is 10.2 Å². The van der Waals surface area contributed by atoms with Crippen LogP contribution in [0.5, 0.6) is 11.5 Å². The van der Waals surface area contributed by atoms with E-state index in [4.69, 9.17) is 20.9 Å². The Morgan fingerprint density at radius 1 is 0.587 bits per heavy atom. The monoisotopic (exact) mass is 620 g/mol. The van der Waals surface area contributed by atoms with Crippen LogP contribution < -0.4 is 20.9 Å². The van der Waals surface area contributed by atoms with E-state index in [2.05, 4.69) is 68.6 Å². The largest absolute Gasteiger partial charge is 0.489 e. The number of nitrogens with two attached hydrogens (primary N) is 2. The average molecular weight is 621 g/mol. The van der Waals surface area contributed by atoms with Gasteiger partial charge in [0, 0.05) is 50.0 Å². The van der Waals surface area contributed by atoms with Crippen LogP contribution in [0.4, 0.5) is 0 Å². The van der Waals surface area contributed by atoms with Crippen LogP contribution in [-0.4, -0.2) is 70.5 Å². The number of hydrogen-bond donors (Lipinski definition) is 4. The molecular weight excluding hydrogens is 576 g/mol. The summed E-state index contributed by atoms with van der Waals surface area (Å²) in [6.45, 7) is 5.70. The van der Waals surface area contributed by atoms with Crippen LogP contribution in [0.25, 0.3) is 21.8 Å². The Morgan fingerprint density at radius 3 is 1.39 bits per heavy atom. The van der Waals surface area contributed by atoms with Crippen LogP contribution in [0.15, 0.2) is 97.1 Å². The van der Waals surface area contributed by atoms with E-state index in [0.717, 1.165) is 82.0 Å². The van der Waals surface area contributed by atoms with Crippen molar-refractivity contribution in [3.8, 4) is 11.5 Å². The van der Waals surface area contributed by atoms with E-state index < -0.39 is 0 Å². The first-order valence-corrected chi connectivity index (χ1v) is 15.6. The fourth-order valence-electron chi connectivity index (χ4n) is 5.13. The van der Waals surface area contributed by atoms with Gasteiger partial charge in [0.15, 0.2) is 0 Å². The van der Waals surface area contributed by atoms with E-state index >= 15 is 0 Å². The molecule has 0 spiro atoms. The van der Waals surface area contributed by atoms with Crippen molar-refractivity contribution in [3.63, 3.8) is 0 Å². The third kappa shape index (κ3) is 9.15. The smallest absolute Gasteiger partial charge is 0.120 e. The zero-order valence-corrected chi connectivity index (χ0v) is 26.7. The van der Waals surface area contributed by atoms with Gasteiger partial charge >= 0.3 is 0 Å². The number of nitrogens with zero attached hydrogens (tertiary/aromatic N) is 4. The summed E-state index contributed by atoms with van der Waals surface area (Å²) in [4.78, 5) is 4.34. The second-order valence-corrected chi connectivity index (χ2v) is 11.4. The van der Waals surface area contributed by atoms with E-state index in [-0.39, 0.29) is 0 Å². The van der Waals surface area contributed by atoms with Crippen LogP contribution in [0.3, 0.4) is 0 Å². The molecule has 10 heteroatoms. The number of likely N-dealkylation sites (N-methyl/N-ethyl adjacent to an activating group) is 2. The number of aromatic amines is 2. The predicted molar refractivity (Wildman–Crippen MR) is 185 cm³/mol. The molecule has 0 aliphatic carbocycles. The molecule has 0 amide bonds. The maximum atomic E-state index is 5.90. The summed E-state index contributed by atoms with van der Waals surface area (Å²) in [5, 5.41) is 17.1. The van der Waals surface area contributed by atoms with Gasteiger partial charge in [-0.05, 0) is 61.6 Å². The van der Waals surface area contributed by atoms with E-state index in [1.807, 2.05) is 72.8 Å². The molecule has 2 aromatic heterocycles. The third-order valence-electron chi connectivity index (χ3n) is 7.58. The highest BCUT2D eigenvalue weighted by Gasteiger charge is 2.11. The SMILES string of the molecule is CN(CCN)Cc1[nH]nc2ccc(OCc3ccccc3)cc12.CN(CCN)Cc1[nH]nc2ccc(OCc3ccccc3)cc12. The molecule has 0 radical (unpaired) electrons. The topological polar surface area (TPSA) is 134 Å². The molecule has 0 unspecified atom stereocenters. The van der Waals surface area contributed by atoms with Crippen LogP contribution in [0.1, 0.15) is 22.5 Å². The molecule has 0 fully saturated rings. The van der Waals surface area contributed by atoms with Gasteiger partial charge < -0.3 is 20.9 Å². The summed E-state index contributed by atoms with van der Waals surface area (Å²) in [7, 11) is 4.10. The second-order valence-electron chi connectivity index (χ2n) is 11.4. The normalized spacial score (nSPS) is 11.3. The Labute approximate surface area is 270 Å². The van der Waals surface area contributed by atoms with Gasteiger partial charge in [0.1, 0.15) is 24.7 Å². The van der Waals surface area contributed by atoms with Gasteiger partial charge in [0.2, 0.25) is 0 Å². The van der Waals surface area contributed by atoms with E-state index in [0.29, 0.717) is 26.3 Å². The number of ether oxygens (including phenoxy) is 2. The molecule has 6 rings (SSSR count). The molecule has 46 heavy (non-hydrogen) atoms. The lowest BCUT2D eigenvalue weighted by Gasteiger charge is -2.14. The first kappa shape index (κ1) is 32.6. The molecule has 0 saturated carbocycles. The van der Waals surface area contributed by atoms with Crippen molar-refractivity contribution in [2.45, 2.75) is 26.3 Å². The molecule has 10 nitrogen and oxygen atoms in total. The van der Waals surface area contributed by atoms with Gasteiger partial charge in [0.25, 0.3) is 0 Å². The molecule has 6 aromatic rings. The van der Waals surface area contributed by atoms with Crippen LogP contribution >= 0.6 is 0 Å². The van der Waals surface area contributed by atoms with Gasteiger partial charge in [-0.15, -0.1) is 0 Å². The zero-order valence-electron chi connectivity index (χ0n) is 26.7. The Kier molecular flexibility index (Phi) is 11.7. The van der Waals surface area contributed by atoms with Crippen molar-refractivity contribution in [1.29, 1.82) is 0 Å². The summed E-state index contributed by atoms with van der Waals surface area (Å²) in [5.41, 5.74) is 17.6. The minimum absolute atomic E-state index is 0.562. The molecule has 0 bridgehead atoms. The Morgan fingerprint density at radius 2 is 1.00 bits per heavy atom. The maximum Gasteiger partial charge on any atom is 0.120 e. The molecule has 0 atom stereocenters. The first-order chi connectivity index (χ1) is 22.5. The van der Waals surface area contributed by atoms with Crippen molar-refractivity contribution in [3.05, 3.63) is 120 Å². The van der Waals surface area contributed by atoms with Crippen LogP contribution in [0, 0.1) is 0 Å². The summed E-state index contributed by atoms with van der Waals surface area (Å²) >= 11 is 0. The lowest BCUT2D eigenvalue weighted by molar-refractivity contribution is 0.306. The standard InChI is InChI=1S/2C18H22N4O/c2*1-22(10-9-19)12-18-16-11-15(7-8-17(16)20-21-18)23-13-14-5-3-2-4-6-14/h2*2-8,11H,9-10,12-13,19H2,1H3,(H,20,21). The van der Waals surface area contributed by atoms with Crippen LogP contribution in [-0.2, 0) is 26.3 Å². The maximum absolute atomic E-state index is 5.90. The Hall–Kier alpha value is -4.74. The third-order valence-corrected chi connectivity index (χ3v) is 7.58. The minimum Gasteiger partial charge on any atom is -0.489 e. The van der Waals surface area contributed by atoms with Crippen molar-refractivity contribution in [2.75, 3.05) is 40.3 Å². The number of aromatic nitrogens is 4. The molecule has 0 saturated heterocycles. The minimum atomic E-state index is 0.562. The highest BCUT2D eigenvalue weighted by atomic mass is 16.5. The number of fused-ring (bicyclic) bond motifs is 2. The summed E-state index contributed by atoms with van der Waals surface area (Å²) in [5.74, 6) is 1.70. The lowest BCUT2D eigenvalue weighted by atomic mass is 10.2. The molecule has 6 N–H and O–H groups in total. The molecule has 240 valence electrons. The quantitative estimate of drug-likeness (QED) is 0.133. The summed E-state index contributed by atoms with van der Waals surface area (Å²) < 4.78 is 11.8. The molecule has 2 heterocycles. The molecular formula is C36H44N8O2. The van der Waals surface area contributed by atoms with E-state index in [1.54, 1.807) is 0 Å². The van der Waals surface area contributed by atoms with Gasteiger partial charge in [-0.1, -0.05) is 60.7 Å². The van der Waals surface area contributed by atoms with Crippen molar-refractivity contribution in [1.82, 2.24) is 30.2 Å². The van der Waals surface area contributed by atoms with Crippen molar-refractivity contribution in [2.24, 2.45) is 11.5 Å². The zero-order chi connectivity index (χ0) is 32.1. The molecule has 0 aliphatic rings. The fourth-order valence-corrected chi connectivity index (χ4v) is 5.13. The highest BCUT2D eigenvalue weighted by molar-refractivity contribution is 5.83. The summed E-state index contributed by atoms with van der Waals surface area (Å²) in [6, 6.07) is 32.3. The first-order valence-electron chi connectivity index (χ1n) is 15.6. The Bertz CT molecular complexity index is 1640. The van der Waals surface area contributed by atoms with Gasteiger partial charge in [-0.25, -0.2) is 0 Å². The lowest BCUT2D eigenvalue weighted by Crippen LogP contribution is -2.25. The van der Waals surface area contributed by atoms with Crippen molar-refractivity contribution >= 4 is 21.8 Å². The number of benzene rings is 4. The van der Waals surface area contributed by atoms with Gasteiger partial charge in [-0.3, -0.25) is 20.0 Å². The molecule has 0 aliphatic heterocycles. The second kappa shape index (κ2) is 16.5. The number of hydrogen-bond acceptors (Lipinski definition) is 8. The van der Waals surface area contributed by atoms with Crippen molar-refractivity contribution < 1.29 is 9.47 Å². The fraction of sp³-hybridized carbons (Fsp3) is 0.278.